The summed E-state index contributed by atoms with van der Waals surface area (Å²) in [6, 6.07) is 7.10. The molecule has 8 heteroatoms. The van der Waals surface area contributed by atoms with Gasteiger partial charge in [-0.25, -0.2) is 4.98 Å². The molecule has 2 aromatic rings. The Kier molecular flexibility index (Phi) is 8.01. The smallest absolute Gasteiger partial charge is 0.277 e. The van der Waals surface area contributed by atoms with Gasteiger partial charge in [-0.2, -0.15) is 0 Å². The molecule has 1 amide bonds. The number of hydrogen-bond acceptors (Lipinski definition) is 7. The Labute approximate surface area is 177 Å². The van der Waals surface area contributed by atoms with Crippen LogP contribution < -0.4 is 10.1 Å². The topological polar surface area (TPSA) is 91.1 Å². The van der Waals surface area contributed by atoms with Crippen LogP contribution in [0.2, 0.25) is 0 Å². The number of carbonyl (C=O) groups is 1. The van der Waals surface area contributed by atoms with Gasteiger partial charge in [0.05, 0.1) is 19.8 Å². The standard InChI is InChI=1S/C22H30N4O4/c1-3-4-5-18(27)14-25-10-12-26(13-11-25)15-21-24-20(16-30-21)22(28)23-17-6-8-19(29-2)9-7-17/h3,6-9,16,18,27H,1,4-5,10-15H2,2H3,(H,23,28)/t18-/m1/s1. The summed E-state index contributed by atoms with van der Waals surface area (Å²) in [5, 5.41) is 12.8. The zero-order valence-electron chi connectivity index (χ0n) is 17.4. The van der Waals surface area contributed by atoms with Crippen molar-refractivity contribution in [2.45, 2.75) is 25.5 Å². The van der Waals surface area contributed by atoms with Gasteiger partial charge in [0.1, 0.15) is 12.0 Å². The van der Waals surface area contributed by atoms with Crippen molar-refractivity contribution in [2.24, 2.45) is 0 Å². The van der Waals surface area contributed by atoms with E-state index in [2.05, 4.69) is 26.7 Å². The van der Waals surface area contributed by atoms with Crippen molar-refractivity contribution < 1.29 is 19.1 Å². The molecule has 1 saturated heterocycles. The lowest BCUT2D eigenvalue weighted by atomic mass is 10.1. The molecule has 2 heterocycles. The lowest BCUT2D eigenvalue weighted by Gasteiger charge is -2.34. The molecule has 0 bridgehead atoms. The first-order valence-electron chi connectivity index (χ1n) is 10.2. The molecule has 1 fully saturated rings. The van der Waals surface area contributed by atoms with Crippen LogP contribution in [-0.4, -0.2) is 71.7 Å². The molecule has 1 aromatic heterocycles. The minimum Gasteiger partial charge on any atom is -0.497 e. The van der Waals surface area contributed by atoms with Crippen molar-refractivity contribution in [3.63, 3.8) is 0 Å². The summed E-state index contributed by atoms with van der Waals surface area (Å²) >= 11 is 0. The molecular formula is C22H30N4O4. The van der Waals surface area contributed by atoms with Gasteiger partial charge in [0.25, 0.3) is 5.91 Å². The van der Waals surface area contributed by atoms with E-state index in [0.717, 1.165) is 44.8 Å². The van der Waals surface area contributed by atoms with E-state index >= 15 is 0 Å². The molecule has 1 aliphatic heterocycles. The summed E-state index contributed by atoms with van der Waals surface area (Å²) < 4.78 is 10.6. The third-order valence-electron chi connectivity index (χ3n) is 5.13. The average Bonchev–Trinajstić information content (AvgIpc) is 3.23. The zero-order chi connectivity index (χ0) is 21.3. The zero-order valence-corrected chi connectivity index (χ0v) is 17.4. The summed E-state index contributed by atoms with van der Waals surface area (Å²) in [6.07, 6.45) is 4.50. The number of aromatic nitrogens is 1. The third-order valence-corrected chi connectivity index (χ3v) is 5.13. The van der Waals surface area contributed by atoms with Gasteiger partial charge < -0.3 is 19.6 Å². The highest BCUT2D eigenvalue weighted by Gasteiger charge is 2.21. The fraction of sp³-hybridized carbons (Fsp3) is 0.455. The second kappa shape index (κ2) is 10.9. The summed E-state index contributed by atoms with van der Waals surface area (Å²) in [6.45, 7) is 8.44. The minimum absolute atomic E-state index is 0.254. The van der Waals surface area contributed by atoms with Crippen molar-refractivity contribution in [3.05, 3.63) is 54.8 Å². The molecule has 0 aliphatic carbocycles. The largest absolute Gasteiger partial charge is 0.497 e. The lowest BCUT2D eigenvalue weighted by Crippen LogP contribution is -2.48. The number of benzene rings is 1. The molecule has 30 heavy (non-hydrogen) atoms. The van der Waals surface area contributed by atoms with Crippen molar-refractivity contribution >= 4 is 11.6 Å². The van der Waals surface area contributed by atoms with Crippen molar-refractivity contribution in [1.82, 2.24) is 14.8 Å². The highest BCUT2D eigenvalue weighted by atomic mass is 16.5. The van der Waals surface area contributed by atoms with Crippen molar-refractivity contribution in [1.29, 1.82) is 0 Å². The fourth-order valence-corrected chi connectivity index (χ4v) is 3.38. The first kappa shape index (κ1) is 22.0. The molecule has 3 rings (SSSR count). The summed E-state index contributed by atoms with van der Waals surface area (Å²) in [4.78, 5) is 21.2. The number of aliphatic hydroxyl groups excluding tert-OH is 1. The Morgan fingerprint density at radius 2 is 2.00 bits per heavy atom. The first-order chi connectivity index (χ1) is 14.6. The van der Waals surface area contributed by atoms with E-state index < -0.39 is 0 Å². The maximum atomic E-state index is 12.4. The number of methoxy groups -OCH3 is 1. The van der Waals surface area contributed by atoms with E-state index in [9.17, 15) is 9.90 Å². The number of rotatable bonds is 10. The van der Waals surface area contributed by atoms with Gasteiger partial charge in [0.2, 0.25) is 5.89 Å². The Morgan fingerprint density at radius 1 is 1.30 bits per heavy atom. The van der Waals surface area contributed by atoms with Crippen LogP contribution in [0.4, 0.5) is 5.69 Å². The van der Waals surface area contributed by atoms with E-state index in [4.69, 9.17) is 9.15 Å². The summed E-state index contributed by atoms with van der Waals surface area (Å²) in [5.74, 6) is 0.936. The van der Waals surface area contributed by atoms with Gasteiger partial charge in [-0.05, 0) is 37.1 Å². The van der Waals surface area contributed by atoms with Crippen LogP contribution in [0.25, 0.3) is 0 Å². The van der Waals surface area contributed by atoms with Crippen LogP contribution in [0.5, 0.6) is 5.75 Å². The predicted molar refractivity (Wildman–Crippen MR) is 115 cm³/mol. The second-order valence-corrected chi connectivity index (χ2v) is 7.41. The normalized spacial score (nSPS) is 16.2. The van der Waals surface area contributed by atoms with E-state index in [0.29, 0.717) is 24.7 Å². The number of nitrogens with one attached hydrogen (secondary N) is 1. The Balaban J connectivity index is 1.44. The van der Waals surface area contributed by atoms with Crippen molar-refractivity contribution in [3.8, 4) is 5.75 Å². The van der Waals surface area contributed by atoms with Gasteiger partial charge in [0.15, 0.2) is 5.69 Å². The highest BCUT2D eigenvalue weighted by molar-refractivity contribution is 6.02. The number of oxazole rings is 1. The quantitative estimate of drug-likeness (QED) is 0.577. The van der Waals surface area contributed by atoms with E-state index in [-0.39, 0.29) is 17.7 Å². The van der Waals surface area contributed by atoms with Crippen molar-refractivity contribution in [2.75, 3.05) is 45.2 Å². The molecule has 162 valence electrons. The van der Waals surface area contributed by atoms with Gasteiger partial charge in [-0.1, -0.05) is 6.08 Å². The molecule has 8 nitrogen and oxygen atoms in total. The number of allylic oxidation sites excluding steroid dienone is 1. The number of anilines is 1. The molecule has 0 unspecified atom stereocenters. The van der Waals surface area contributed by atoms with Gasteiger partial charge in [0, 0.05) is 38.4 Å². The van der Waals surface area contributed by atoms with E-state index in [1.54, 1.807) is 31.4 Å². The van der Waals surface area contributed by atoms with Gasteiger partial charge >= 0.3 is 0 Å². The Hall–Kier alpha value is -2.68. The van der Waals surface area contributed by atoms with Crippen LogP contribution in [0.15, 0.2) is 47.6 Å². The van der Waals surface area contributed by atoms with Crippen LogP contribution in [0.1, 0.15) is 29.2 Å². The number of piperazine rings is 1. The molecule has 1 atom stereocenters. The maximum absolute atomic E-state index is 12.4. The molecule has 2 N–H and O–H groups in total. The number of amides is 1. The molecule has 1 aliphatic rings. The first-order valence-corrected chi connectivity index (χ1v) is 10.2. The lowest BCUT2D eigenvalue weighted by molar-refractivity contribution is 0.0642. The van der Waals surface area contributed by atoms with Gasteiger partial charge in [-0.3, -0.25) is 14.6 Å². The number of hydrogen-bond donors (Lipinski definition) is 2. The molecule has 0 spiro atoms. The second-order valence-electron chi connectivity index (χ2n) is 7.41. The highest BCUT2D eigenvalue weighted by Crippen LogP contribution is 2.16. The van der Waals surface area contributed by atoms with Crippen LogP contribution in [-0.2, 0) is 6.54 Å². The van der Waals surface area contributed by atoms with E-state index in [1.807, 2.05) is 6.08 Å². The van der Waals surface area contributed by atoms with Crippen LogP contribution >= 0.6 is 0 Å². The van der Waals surface area contributed by atoms with E-state index in [1.165, 1.54) is 6.26 Å². The number of ether oxygens (including phenoxy) is 1. The maximum Gasteiger partial charge on any atom is 0.277 e. The minimum atomic E-state index is -0.312. The number of aliphatic hydroxyl groups is 1. The number of β-amino-alcohol motifs (C(OH)–C–C–N with tert-alkyl or cyclic N) is 1. The molecular weight excluding hydrogens is 384 g/mol. The number of carbonyl (C=O) groups excluding carboxylic acids is 1. The average molecular weight is 415 g/mol. The predicted octanol–water partition coefficient (Wildman–Crippen LogP) is 2.38. The van der Waals surface area contributed by atoms with Gasteiger partial charge in [-0.15, -0.1) is 6.58 Å². The van der Waals surface area contributed by atoms with Crippen LogP contribution in [0.3, 0.4) is 0 Å². The number of nitrogens with zero attached hydrogens (tertiary/aromatic N) is 3. The Morgan fingerprint density at radius 3 is 2.67 bits per heavy atom. The Bertz CT molecular complexity index is 813. The monoisotopic (exact) mass is 414 g/mol. The summed E-state index contributed by atoms with van der Waals surface area (Å²) in [7, 11) is 1.60. The van der Waals surface area contributed by atoms with Crippen LogP contribution in [0, 0.1) is 0 Å². The summed E-state index contributed by atoms with van der Waals surface area (Å²) in [5.41, 5.74) is 0.918. The molecule has 1 aromatic carbocycles. The molecule has 0 saturated carbocycles. The third kappa shape index (κ3) is 6.41. The fourth-order valence-electron chi connectivity index (χ4n) is 3.38. The SMILES string of the molecule is C=CCC[C@@H](O)CN1CCN(Cc2nc(C(=O)Nc3ccc(OC)cc3)co2)CC1. The molecule has 0 radical (unpaired) electrons.